The van der Waals surface area contributed by atoms with E-state index < -0.39 is 0 Å². The van der Waals surface area contributed by atoms with Gasteiger partial charge in [0.2, 0.25) is 0 Å². The second-order valence-corrected chi connectivity index (χ2v) is 6.58. The van der Waals surface area contributed by atoms with E-state index in [9.17, 15) is 4.79 Å². The van der Waals surface area contributed by atoms with Crippen LogP contribution in [-0.4, -0.2) is 20.4 Å². The van der Waals surface area contributed by atoms with Crippen LogP contribution in [0.5, 0.6) is 0 Å². The van der Waals surface area contributed by atoms with E-state index in [-0.39, 0.29) is 5.91 Å². The zero-order valence-electron chi connectivity index (χ0n) is 14.5. The zero-order chi connectivity index (χ0) is 18.6. The molecule has 134 valence electrons. The van der Waals surface area contributed by atoms with Crippen LogP contribution in [0.4, 0.5) is 0 Å². The molecule has 0 aliphatic carbocycles. The van der Waals surface area contributed by atoms with Crippen LogP contribution in [-0.2, 0) is 13.1 Å². The lowest BCUT2D eigenvalue weighted by Gasteiger charge is -2.08. The van der Waals surface area contributed by atoms with Crippen molar-refractivity contribution in [1.29, 1.82) is 0 Å². The summed E-state index contributed by atoms with van der Waals surface area (Å²) in [7, 11) is 0. The maximum absolute atomic E-state index is 12.5. The second-order valence-electron chi connectivity index (χ2n) is 6.17. The predicted octanol–water partition coefficient (Wildman–Crippen LogP) is 4.06. The third-order valence-electron chi connectivity index (χ3n) is 4.34. The summed E-state index contributed by atoms with van der Waals surface area (Å²) in [5.41, 5.74) is 4.13. The molecule has 4 aromatic rings. The van der Waals surface area contributed by atoms with Crippen molar-refractivity contribution in [2.45, 2.75) is 13.1 Å². The van der Waals surface area contributed by atoms with Crippen LogP contribution in [0.3, 0.4) is 0 Å². The van der Waals surface area contributed by atoms with Crippen molar-refractivity contribution < 1.29 is 4.79 Å². The number of aromatic nitrogens is 3. The Bertz CT molecular complexity index is 1090. The molecule has 27 heavy (non-hydrogen) atoms. The number of fused-ring (bicyclic) bond motifs is 1. The van der Waals surface area contributed by atoms with Crippen molar-refractivity contribution in [2.75, 3.05) is 0 Å². The fourth-order valence-corrected chi connectivity index (χ4v) is 3.11. The first kappa shape index (κ1) is 17.2. The number of hydrogen-bond donors (Lipinski definition) is 1. The number of hydrogen-bond acceptors (Lipinski definition) is 3. The molecule has 5 nitrogen and oxygen atoms in total. The highest BCUT2D eigenvalue weighted by atomic mass is 35.5. The number of carbonyl (C=O) groups is 1. The van der Waals surface area contributed by atoms with Crippen LogP contribution in [0.2, 0.25) is 5.02 Å². The average molecular weight is 377 g/mol. The maximum atomic E-state index is 12.5. The second kappa shape index (κ2) is 7.60. The Kier molecular flexibility index (Phi) is 4.85. The minimum absolute atomic E-state index is 0.145. The average Bonchev–Trinajstić information content (AvgIpc) is 3.11. The molecular weight excluding hydrogens is 360 g/mol. The van der Waals surface area contributed by atoms with E-state index in [1.807, 2.05) is 59.2 Å². The number of nitrogens with one attached hydrogen (secondary N) is 1. The van der Waals surface area contributed by atoms with Gasteiger partial charge in [0.25, 0.3) is 5.91 Å². The van der Waals surface area contributed by atoms with Crippen LogP contribution >= 0.6 is 11.6 Å². The Hall–Kier alpha value is -3.18. The van der Waals surface area contributed by atoms with Crippen LogP contribution in [0.1, 0.15) is 21.6 Å². The van der Waals surface area contributed by atoms with Gasteiger partial charge in [-0.1, -0.05) is 35.9 Å². The molecule has 2 heterocycles. The molecule has 0 spiro atoms. The van der Waals surface area contributed by atoms with E-state index in [4.69, 9.17) is 11.6 Å². The van der Waals surface area contributed by atoms with Crippen molar-refractivity contribution in [3.05, 3.63) is 95.0 Å². The summed E-state index contributed by atoms with van der Waals surface area (Å²) in [5.74, 6) is -0.145. The van der Waals surface area contributed by atoms with Gasteiger partial charge in [-0.3, -0.25) is 9.78 Å². The van der Waals surface area contributed by atoms with Gasteiger partial charge in [-0.05, 0) is 42.0 Å². The van der Waals surface area contributed by atoms with E-state index in [1.54, 1.807) is 18.6 Å². The van der Waals surface area contributed by atoms with E-state index in [2.05, 4.69) is 15.3 Å². The van der Waals surface area contributed by atoms with E-state index in [1.165, 1.54) is 0 Å². The van der Waals surface area contributed by atoms with Crippen LogP contribution in [0.15, 0.2) is 73.2 Å². The quantitative estimate of drug-likeness (QED) is 0.571. The molecule has 0 aliphatic heterocycles. The molecule has 0 atom stereocenters. The van der Waals surface area contributed by atoms with Crippen molar-refractivity contribution in [2.24, 2.45) is 0 Å². The summed E-state index contributed by atoms with van der Waals surface area (Å²) in [6.07, 6.45) is 3.48. The van der Waals surface area contributed by atoms with Gasteiger partial charge in [0, 0.05) is 16.8 Å². The van der Waals surface area contributed by atoms with E-state index in [0.717, 1.165) is 22.3 Å². The highest BCUT2D eigenvalue weighted by Gasteiger charge is 2.11. The Balaban J connectivity index is 1.56. The maximum Gasteiger partial charge on any atom is 0.251 e. The number of halogens is 1. The molecule has 1 amide bonds. The molecule has 2 aromatic heterocycles. The van der Waals surface area contributed by atoms with Gasteiger partial charge in [-0.25, -0.2) is 4.98 Å². The molecule has 1 N–H and O–H groups in total. The highest BCUT2D eigenvalue weighted by Crippen LogP contribution is 2.20. The van der Waals surface area contributed by atoms with Crippen LogP contribution in [0, 0.1) is 0 Å². The molecule has 0 saturated carbocycles. The normalized spacial score (nSPS) is 10.9. The Morgan fingerprint density at radius 3 is 2.70 bits per heavy atom. The number of amides is 1. The minimum atomic E-state index is -0.145. The molecule has 4 rings (SSSR count). The Labute approximate surface area is 161 Å². The highest BCUT2D eigenvalue weighted by molar-refractivity contribution is 6.31. The smallest absolute Gasteiger partial charge is 0.251 e. The molecule has 0 unspecified atom stereocenters. The lowest BCUT2D eigenvalue weighted by Crippen LogP contribution is -2.23. The zero-order valence-corrected chi connectivity index (χ0v) is 15.2. The number of rotatable bonds is 5. The first-order chi connectivity index (χ1) is 13.2. The van der Waals surface area contributed by atoms with Gasteiger partial charge in [-0.2, -0.15) is 0 Å². The van der Waals surface area contributed by atoms with Crippen molar-refractivity contribution in [1.82, 2.24) is 19.9 Å². The van der Waals surface area contributed by atoms with Gasteiger partial charge in [0.05, 0.1) is 36.1 Å². The summed E-state index contributed by atoms with van der Waals surface area (Å²) in [6, 6.07) is 18.8. The predicted molar refractivity (Wildman–Crippen MR) is 106 cm³/mol. The number of nitrogens with zero attached hydrogens (tertiary/aromatic N) is 3. The van der Waals surface area contributed by atoms with Crippen molar-refractivity contribution in [3.63, 3.8) is 0 Å². The lowest BCUT2D eigenvalue weighted by atomic mass is 10.1. The Morgan fingerprint density at radius 1 is 1.04 bits per heavy atom. The number of carbonyl (C=O) groups excluding carboxylic acids is 1. The summed E-state index contributed by atoms with van der Waals surface area (Å²) in [4.78, 5) is 21.1. The molecule has 0 bridgehead atoms. The molecule has 0 aliphatic rings. The van der Waals surface area contributed by atoms with E-state index >= 15 is 0 Å². The first-order valence-corrected chi connectivity index (χ1v) is 8.95. The van der Waals surface area contributed by atoms with Gasteiger partial charge in [0.1, 0.15) is 0 Å². The largest absolute Gasteiger partial charge is 0.346 e. The molecule has 0 radical (unpaired) electrons. The van der Waals surface area contributed by atoms with Gasteiger partial charge in [0.15, 0.2) is 0 Å². The minimum Gasteiger partial charge on any atom is -0.346 e. The summed E-state index contributed by atoms with van der Waals surface area (Å²) in [5, 5.41) is 3.61. The topological polar surface area (TPSA) is 59.8 Å². The SMILES string of the molecule is O=C(NCc1ccccn1)c1ccc2ncn(Cc3ccccc3Cl)c2c1. The van der Waals surface area contributed by atoms with Gasteiger partial charge in [-0.15, -0.1) is 0 Å². The van der Waals surface area contributed by atoms with Gasteiger partial charge < -0.3 is 9.88 Å². The number of imidazole rings is 1. The molecule has 6 heteroatoms. The first-order valence-electron chi connectivity index (χ1n) is 8.57. The third kappa shape index (κ3) is 3.83. The lowest BCUT2D eigenvalue weighted by molar-refractivity contribution is 0.0950. The number of pyridine rings is 1. The fourth-order valence-electron chi connectivity index (χ4n) is 2.91. The summed E-state index contributed by atoms with van der Waals surface area (Å²) >= 11 is 6.27. The van der Waals surface area contributed by atoms with Crippen molar-refractivity contribution in [3.8, 4) is 0 Å². The standard InChI is InChI=1S/C21H17ClN4O/c22-18-7-2-1-5-16(18)13-26-14-25-19-9-8-15(11-20(19)26)21(27)24-12-17-6-3-4-10-23-17/h1-11,14H,12-13H2,(H,24,27). The van der Waals surface area contributed by atoms with Gasteiger partial charge >= 0.3 is 0 Å². The molecule has 2 aromatic carbocycles. The number of benzene rings is 2. The molecule has 0 fully saturated rings. The Morgan fingerprint density at radius 2 is 1.89 bits per heavy atom. The fraction of sp³-hybridized carbons (Fsp3) is 0.0952. The van der Waals surface area contributed by atoms with E-state index in [0.29, 0.717) is 23.7 Å². The molecular formula is C21H17ClN4O. The third-order valence-corrected chi connectivity index (χ3v) is 4.71. The van der Waals surface area contributed by atoms with Crippen molar-refractivity contribution >= 4 is 28.5 Å². The van der Waals surface area contributed by atoms with Crippen LogP contribution in [0.25, 0.3) is 11.0 Å². The molecule has 0 saturated heterocycles. The monoisotopic (exact) mass is 376 g/mol. The summed E-state index contributed by atoms with van der Waals surface area (Å²) in [6.45, 7) is 0.978. The van der Waals surface area contributed by atoms with Crippen LogP contribution < -0.4 is 5.32 Å². The summed E-state index contributed by atoms with van der Waals surface area (Å²) < 4.78 is 1.99.